The molecule has 0 radical (unpaired) electrons. The highest BCUT2D eigenvalue weighted by Crippen LogP contribution is 2.37. The molecule has 0 bridgehead atoms. The standard InChI is InChI=1S/C15H21FN2O3S/c1-18(22(2,20)21)10-14(19)17-15(11-4-3-5-11)12-6-8-13(16)9-7-12/h6-9,11,15H,3-5,10H2,1-2H3,(H,17,19)/t15-/m1/s1. The normalized spacial score (nSPS) is 17.1. The lowest BCUT2D eigenvalue weighted by atomic mass is 9.77. The molecule has 5 nitrogen and oxygen atoms in total. The highest BCUT2D eigenvalue weighted by Gasteiger charge is 2.30. The summed E-state index contributed by atoms with van der Waals surface area (Å²) >= 11 is 0. The molecule has 0 aromatic heterocycles. The highest BCUT2D eigenvalue weighted by molar-refractivity contribution is 7.88. The number of amides is 1. The van der Waals surface area contributed by atoms with Gasteiger partial charge in [-0.3, -0.25) is 4.79 Å². The summed E-state index contributed by atoms with van der Waals surface area (Å²) < 4.78 is 36.8. The quantitative estimate of drug-likeness (QED) is 0.864. The number of hydrogen-bond donors (Lipinski definition) is 1. The Bertz CT molecular complexity index is 627. The van der Waals surface area contributed by atoms with Gasteiger partial charge < -0.3 is 5.32 Å². The van der Waals surface area contributed by atoms with E-state index >= 15 is 0 Å². The summed E-state index contributed by atoms with van der Waals surface area (Å²) in [5.74, 6) is -0.355. The average Bonchev–Trinajstić information content (AvgIpc) is 2.35. The number of rotatable bonds is 6. The lowest BCUT2D eigenvalue weighted by molar-refractivity contribution is -0.122. The van der Waals surface area contributed by atoms with Crippen molar-refractivity contribution in [2.24, 2.45) is 5.92 Å². The van der Waals surface area contributed by atoms with E-state index in [1.54, 1.807) is 12.1 Å². The summed E-state index contributed by atoms with van der Waals surface area (Å²) in [5.41, 5.74) is 0.849. The van der Waals surface area contributed by atoms with Crippen molar-refractivity contribution in [1.82, 2.24) is 9.62 Å². The second-order valence-electron chi connectivity index (χ2n) is 5.81. The van der Waals surface area contributed by atoms with Gasteiger partial charge in [-0.1, -0.05) is 18.6 Å². The van der Waals surface area contributed by atoms with Crippen molar-refractivity contribution in [1.29, 1.82) is 0 Å². The van der Waals surface area contributed by atoms with Gasteiger partial charge in [0, 0.05) is 7.05 Å². The van der Waals surface area contributed by atoms with E-state index in [-0.39, 0.29) is 24.3 Å². The van der Waals surface area contributed by atoms with Crippen LogP contribution >= 0.6 is 0 Å². The first-order valence-electron chi connectivity index (χ1n) is 7.23. The van der Waals surface area contributed by atoms with Gasteiger partial charge in [0.2, 0.25) is 15.9 Å². The first-order chi connectivity index (χ1) is 10.3. The number of sulfonamides is 1. The monoisotopic (exact) mass is 328 g/mol. The summed E-state index contributed by atoms with van der Waals surface area (Å²) in [6.07, 6.45) is 4.18. The Morgan fingerprint density at radius 3 is 2.41 bits per heavy atom. The molecule has 0 heterocycles. The molecule has 1 aromatic carbocycles. The van der Waals surface area contributed by atoms with Crippen molar-refractivity contribution in [3.63, 3.8) is 0 Å². The fraction of sp³-hybridized carbons (Fsp3) is 0.533. The zero-order valence-electron chi connectivity index (χ0n) is 12.8. The van der Waals surface area contributed by atoms with Crippen LogP contribution < -0.4 is 5.32 Å². The second-order valence-corrected chi connectivity index (χ2v) is 7.90. The fourth-order valence-corrected chi connectivity index (χ4v) is 2.81. The van der Waals surface area contributed by atoms with Gasteiger partial charge in [0.05, 0.1) is 18.8 Å². The fourth-order valence-electron chi connectivity index (χ4n) is 2.46. The molecule has 1 aromatic rings. The Morgan fingerprint density at radius 1 is 1.36 bits per heavy atom. The van der Waals surface area contributed by atoms with Crippen molar-refractivity contribution in [3.05, 3.63) is 35.6 Å². The van der Waals surface area contributed by atoms with Crippen LogP contribution in [0.15, 0.2) is 24.3 Å². The zero-order valence-corrected chi connectivity index (χ0v) is 13.6. The average molecular weight is 328 g/mol. The third kappa shape index (κ3) is 4.27. The Kier molecular flexibility index (Phi) is 5.18. The summed E-state index contributed by atoms with van der Waals surface area (Å²) in [5, 5.41) is 2.89. The maximum Gasteiger partial charge on any atom is 0.235 e. The number of halogens is 1. The molecule has 0 spiro atoms. The molecule has 1 amide bonds. The van der Waals surface area contributed by atoms with E-state index in [9.17, 15) is 17.6 Å². The molecule has 1 aliphatic rings. The minimum Gasteiger partial charge on any atom is -0.348 e. The molecule has 2 rings (SSSR count). The number of carbonyl (C=O) groups excluding carboxylic acids is 1. The highest BCUT2D eigenvalue weighted by atomic mass is 32.2. The number of hydrogen-bond acceptors (Lipinski definition) is 3. The molecule has 0 saturated heterocycles. The van der Waals surface area contributed by atoms with Gasteiger partial charge in [0.15, 0.2) is 0 Å². The molecule has 0 aliphatic heterocycles. The number of nitrogens with one attached hydrogen (secondary N) is 1. The molecule has 1 aliphatic carbocycles. The Morgan fingerprint density at radius 2 is 1.95 bits per heavy atom. The number of benzene rings is 1. The molecule has 1 fully saturated rings. The van der Waals surface area contributed by atoms with Gasteiger partial charge in [-0.25, -0.2) is 12.8 Å². The Labute approximate surface area is 130 Å². The van der Waals surface area contributed by atoms with Crippen LogP contribution in [0.1, 0.15) is 30.9 Å². The summed E-state index contributed by atoms with van der Waals surface area (Å²) in [6.45, 7) is -0.219. The number of carbonyl (C=O) groups is 1. The molecule has 1 saturated carbocycles. The predicted octanol–water partition coefficient (Wildman–Crippen LogP) is 1.67. The summed E-state index contributed by atoms with van der Waals surface area (Å²) in [6, 6.07) is 5.87. The van der Waals surface area contributed by atoms with Gasteiger partial charge in [0.25, 0.3) is 0 Å². The van der Waals surface area contributed by atoms with Crippen LogP contribution in [0.4, 0.5) is 4.39 Å². The maximum absolute atomic E-state index is 13.1. The third-order valence-electron chi connectivity index (χ3n) is 4.10. The molecule has 1 N–H and O–H groups in total. The van der Waals surface area contributed by atoms with E-state index in [1.807, 2.05) is 0 Å². The van der Waals surface area contributed by atoms with Crippen LogP contribution in [-0.4, -0.2) is 38.5 Å². The lowest BCUT2D eigenvalue weighted by Gasteiger charge is -2.35. The van der Waals surface area contributed by atoms with Crippen LogP contribution in [0.5, 0.6) is 0 Å². The van der Waals surface area contributed by atoms with Crippen molar-refractivity contribution in [3.8, 4) is 0 Å². The number of nitrogens with zero attached hydrogens (tertiary/aromatic N) is 1. The molecule has 1 atom stereocenters. The molecule has 7 heteroatoms. The number of likely N-dealkylation sites (N-methyl/N-ethyl adjacent to an activating group) is 1. The van der Waals surface area contributed by atoms with Gasteiger partial charge in [-0.15, -0.1) is 0 Å². The third-order valence-corrected chi connectivity index (χ3v) is 5.36. The van der Waals surface area contributed by atoms with Crippen molar-refractivity contribution < 1.29 is 17.6 Å². The van der Waals surface area contributed by atoms with Gasteiger partial charge in [0.1, 0.15) is 5.82 Å². The van der Waals surface area contributed by atoms with E-state index in [4.69, 9.17) is 0 Å². The van der Waals surface area contributed by atoms with Crippen LogP contribution in [-0.2, 0) is 14.8 Å². The maximum atomic E-state index is 13.1. The van der Waals surface area contributed by atoms with E-state index in [2.05, 4.69) is 5.32 Å². The van der Waals surface area contributed by atoms with Crippen LogP contribution in [0.25, 0.3) is 0 Å². The minimum absolute atomic E-state index is 0.199. The van der Waals surface area contributed by atoms with E-state index in [0.717, 1.165) is 35.4 Å². The Balaban J connectivity index is 2.07. The molecule has 22 heavy (non-hydrogen) atoms. The first kappa shape index (κ1) is 16.9. The lowest BCUT2D eigenvalue weighted by Crippen LogP contribution is -2.42. The van der Waals surface area contributed by atoms with E-state index < -0.39 is 10.0 Å². The predicted molar refractivity (Wildman–Crippen MR) is 82.1 cm³/mol. The Hall–Kier alpha value is -1.47. The summed E-state index contributed by atoms with van der Waals surface area (Å²) in [7, 11) is -2.03. The van der Waals surface area contributed by atoms with Crippen LogP contribution in [0, 0.1) is 11.7 Å². The molecular weight excluding hydrogens is 307 g/mol. The zero-order chi connectivity index (χ0) is 16.3. The van der Waals surface area contributed by atoms with Crippen molar-refractivity contribution >= 4 is 15.9 Å². The van der Waals surface area contributed by atoms with Crippen LogP contribution in [0.2, 0.25) is 0 Å². The van der Waals surface area contributed by atoms with Crippen molar-refractivity contribution in [2.75, 3.05) is 19.8 Å². The van der Waals surface area contributed by atoms with Gasteiger partial charge in [-0.05, 0) is 36.5 Å². The second kappa shape index (κ2) is 6.75. The van der Waals surface area contributed by atoms with E-state index in [0.29, 0.717) is 5.92 Å². The summed E-state index contributed by atoms with van der Waals surface area (Å²) in [4.78, 5) is 12.1. The SMILES string of the molecule is CN(CC(=O)N[C@@H](c1ccc(F)cc1)C1CCC1)S(C)(=O)=O. The largest absolute Gasteiger partial charge is 0.348 e. The first-order valence-corrected chi connectivity index (χ1v) is 9.08. The molecule has 122 valence electrons. The van der Waals surface area contributed by atoms with E-state index in [1.165, 1.54) is 19.2 Å². The van der Waals surface area contributed by atoms with Gasteiger partial charge >= 0.3 is 0 Å². The topological polar surface area (TPSA) is 66.5 Å². The van der Waals surface area contributed by atoms with Crippen LogP contribution in [0.3, 0.4) is 0 Å². The van der Waals surface area contributed by atoms with Crippen molar-refractivity contribution in [2.45, 2.75) is 25.3 Å². The van der Waals surface area contributed by atoms with Gasteiger partial charge in [-0.2, -0.15) is 4.31 Å². The molecule has 0 unspecified atom stereocenters. The smallest absolute Gasteiger partial charge is 0.235 e. The minimum atomic E-state index is -3.39. The molecular formula is C15H21FN2O3S.